The van der Waals surface area contributed by atoms with E-state index in [1.807, 2.05) is 0 Å². The van der Waals surface area contributed by atoms with E-state index >= 15 is 0 Å². The highest BCUT2D eigenvalue weighted by Crippen LogP contribution is 2.57. The van der Waals surface area contributed by atoms with Crippen molar-refractivity contribution in [2.24, 2.45) is 23.7 Å². The standard InChI is InChI=1S/C12H15FO7S/c13-6(4-21(16,17)18)3-19-11(14)9-5-1-7-8(2-5)20-12(15)10(7)9/h5-10H,1-4H2,(H,16,17,18). The van der Waals surface area contributed by atoms with Gasteiger partial charge in [-0.2, -0.15) is 8.42 Å². The van der Waals surface area contributed by atoms with E-state index in [0.29, 0.717) is 6.42 Å². The number of carbonyl (C=O) groups is 2. The Morgan fingerprint density at radius 1 is 1.48 bits per heavy atom. The molecule has 1 heterocycles. The van der Waals surface area contributed by atoms with Crippen molar-refractivity contribution in [2.45, 2.75) is 25.1 Å². The average molecular weight is 322 g/mol. The van der Waals surface area contributed by atoms with Crippen molar-refractivity contribution in [2.75, 3.05) is 12.4 Å². The van der Waals surface area contributed by atoms with Crippen LogP contribution in [0.5, 0.6) is 0 Å². The van der Waals surface area contributed by atoms with Gasteiger partial charge in [0.15, 0.2) is 6.17 Å². The summed E-state index contributed by atoms with van der Waals surface area (Å²) in [6, 6.07) is 0. The van der Waals surface area contributed by atoms with Crippen molar-refractivity contribution < 1.29 is 36.4 Å². The van der Waals surface area contributed by atoms with Crippen molar-refractivity contribution in [1.29, 1.82) is 0 Å². The second kappa shape index (κ2) is 4.91. The van der Waals surface area contributed by atoms with Crippen LogP contribution in [0.3, 0.4) is 0 Å². The van der Waals surface area contributed by atoms with E-state index in [0.717, 1.165) is 6.42 Å². The Hall–Kier alpha value is -1.22. The third-order valence-corrected chi connectivity index (χ3v) is 5.34. The maximum atomic E-state index is 13.3. The number of ether oxygens (including phenoxy) is 2. The zero-order valence-corrected chi connectivity index (χ0v) is 11.8. The number of carbonyl (C=O) groups excluding carboxylic acids is 2. The van der Waals surface area contributed by atoms with Crippen molar-refractivity contribution in [1.82, 2.24) is 0 Å². The molecule has 0 aromatic carbocycles. The zero-order chi connectivity index (χ0) is 15.4. The molecular formula is C12H15FO7S. The Labute approximate surface area is 120 Å². The quantitative estimate of drug-likeness (QED) is 0.558. The molecule has 21 heavy (non-hydrogen) atoms. The highest BCUT2D eigenvalue weighted by atomic mass is 32.2. The van der Waals surface area contributed by atoms with Crippen LogP contribution in [-0.2, 0) is 29.2 Å². The van der Waals surface area contributed by atoms with E-state index in [1.165, 1.54) is 0 Å². The fraction of sp³-hybridized carbons (Fsp3) is 0.833. The lowest BCUT2D eigenvalue weighted by Crippen LogP contribution is -2.35. The molecular weight excluding hydrogens is 307 g/mol. The summed E-state index contributed by atoms with van der Waals surface area (Å²) in [7, 11) is -4.46. The van der Waals surface area contributed by atoms with Gasteiger partial charge in [0.05, 0.1) is 11.8 Å². The van der Waals surface area contributed by atoms with Gasteiger partial charge in [-0.15, -0.1) is 0 Å². The van der Waals surface area contributed by atoms with Gasteiger partial charge >= 0.3 is 11.9 Å². The SMILES string of the molecule is O=C(OCC(F)CS(=O)(=O)O)C1C2CC3OC(=O)C1C3C2. The van der Waals surface area contributed by atoms with E-state index in [2.05, 4.69) is 0 Å². The highest BCUT2D eigenvalue weighted by molar-refractivity contribution is 7.85. The summed E-state index contributed by atoms with van der Waals surface area (Å²) < 4.78 is 52.8. The van der Waals surface area contributed by atoms with Crippen molar-refractivity contribution in [3.63, 3.8) is 0 Å². The molecule has 2 saturated carbocycles. The Morgan fingerprint density at radius 2 is 2.19 bits per heavy atom. The van der Waals surface area contributed by atoms with E-state index < -0.39 is 52.4 Å². The van der Waals surface area contributed by atoms with Gasteiger partial charge in [0.2, 0.25) is 0 Å². The smallest absolute Gasteiger partial charge is 0.310 e. The Morgan fingerprint density at radius 3 is 2.86 bits per heavy atom. The van der Waals surface area contributed by atoms with Gasteiger partial charge in [0.25, 0.3) is 10.1 Å². The number of hydrogen-bond donors (Lipinski definition) is 1. The fourth-order valence-corrected chi connectivity index (χ4v) is 4.42. The van der Waals surface area contributed by atoms with Crippen LogP contribution >= 0.6 is 0 Å². The molecule has 0 aromatic heterocycles. The summed E-state index contributed by atoms with van der Waals surface area (Å²) in [5.74, 6) is -3.31. The van der Waals surface area contributed by atoms with Crippen LogP contribution in [0.2, 0.25) is 0 Å². The van der Waals surface area contributed by atoms with Gasteiger partial charge in [0, 0.05) is 5.92 Å². The monoisotopic (exact) mass is 322 g/mol. The molecule has 3 fully saturated rings. The molecule has 9 heteroatoms. The first-order valence-electron chi connectivity index (χ1n) is 6.72. The number of halogens is 1. The topological polar surface area (TPSA) is 107 Å². The van der Waals surface area contributed by atoms with Crippen LogP contribution in [-0.4, -0.2) is 49.5 Å². The first-order valence-corrected chi connectivity index (χ1v) is 8.33. The first-order chi connectivity index (χ1) is 9.76. The first kappa shape index (κ1) is 14.7. The maximum absolute atomic E-state index is 13.3. The number of esters is 2. The highest BCUT2D eigenvalue weighted by Gasteiger charge is 2.64. The number of fused-ring (bicyclic) bond motifs is 1. The molecule has 1 saturated heterocycles. The van der Waals surface area contributed by atoms with Crippen LogP contribution in [0.25, 0.3) is 0 Å². The van der Waals surface area contributed by atoms with Crippen LogP contribution in [0.15, 0.2) is 0 Å². The summed E-state index contributed by atoms with van der Waals surface area (Å²) in [5.41, 5.74) is 0. The largest absolute Gasteiger partial charge is 0.462 e. The van der Waals surface area contributed by atoms with Gasteiger partial charge < -0.3 is 9.47 Å². The molecule has 3 rings (SSSR count). The minimum Gasteiger partial charge on any atom is -0.462 e. The number of alkyl halides is 1. The van der Waals surface area contributed by atoms with Crippen LogP contribution in [0, 0.1) is 23.7 Å². The van der Waals surface area contributed by atoms with Gasteiger partial charge in [-0.05, 0) is 18.8 Å². The van der Waals surface area contributed by atoms with Crippen LogP contribution in [0.1, 0.15) is 12.8 Å². The fourth-order valence-electron chi connectivity index (χ4n) is 3.87. The minimum absolute atomic E-state index is 0.00332. The second-order valence-electron chi connectivity index (χ2n) is 5.90. The summed E-state index contributed by atoms with van der Waals surface area (Å²) in [4.78, 5) is 23.7. The van der Waals surface area contributed by atoms with Crippen molar-refractivity contribution >= 4 is 22.1 Å². The zero-order valence-electron chi connectivity index (χ0n) is 11.0. The molecule has 6 unspecified atom stereocenters. The van der Waals surface area contributed by atoms with Gasteiger partial charge in [-0.25, -0.2) is 4.39 Å². The van der Waals surface area contributed by atoms with Crippen molar-refractivity contribution in [3.8, 4) is 0 Å². The van der Waals surface area contributed by atoms with Gasteiger partial charge in [0.1, 0.15) is 18.5 Å². The lowest BCUT2D eigenvalue weighted by molar-refractivity contribution is -0.156. The molecule has 0 spiro atoms. The van der Waals surface area contributed by atoms with Gasteiger partial charge in [-0.1, -0.05) is 0 Å². The Balaban J connectivity index is 1.58. The van der Waals surface area contributed by atoms with Crippen LogP contribution < -0.4 is 0 Å². The molecule has 0 radical (unpaired) electrons. The van der Waals surface area contributed by atoms with E-state index in [1.54, 1.807) is 0 Å². The molecule has 2 aliphatic carbocycles. The summed E-state index contributed by atoms with van der Waals surface area (Å²) >= 11 is 0. The van der Waals surface area contributed by atoms with E-state index in [9.17, 15) is 22.4 Å². The molecule has 2 bridgehead atoms. The number of hydrogen-bond acceptors (Lipinski definition) is 6. The third kappa shape index (κ3) is 2.64. The van der Waals surface area contributed by atoms with Gasteiger partial charge in [-0.3, -0.25) is 14.1 Å². The minimum atomic E-state index is -4.46. The Kier molecular flexibility index (Phi) is 3.44. The molecule has 6 atom stereocenters. The maximum Gasteiger partial charge on any atom is 0.310 e. The molecule has 0 aromatic rings. The molecule has 3 aliphatic rings. The van der Waals surface area contributed by atoms with E-state index in [4.69, 9.17) is 14.0 Å². The summed E-state index contributed by atoms with van der Waals surface area (Å²) in [6.07, 6.45) is -0.752. The van der Waals surface area contributed by atoms with Crippen LogP contribution in [0.4, 0.5) is 4.39 Å². The second-order valence-corrected chi connectivity index (χ2v) is 7.40. The predicted octanol–water partition coefficient (Wildman–Crippen LogP) is -0.0469. The molecule has 1 N–H and O–H groups in total. The van der Waals surface area contributed by atoms with Crippen molar-refractivity contribution in [3.05, 3.63) is 0 Å². The Bertz CT molecular complexity index is 572. The average Bonchev–Trinajstić information content (AvgIpc) is 2.94. The molecule has 0 amide bonds. The molecule has 118 valence electrons. The third-order valence-electron chi connectivity index (χ3n) is 4.55. The summed E-state index contributed by atoms with van der Waals surface area (Å²) in [6.45, 7) is -0.752. The molecule has 7 nitrogen and oxygen atoms in total. The lowest BCUT2D eigenvalue weighted by atomic mass is 9.80. The number of rotatable bonds is 5. The van der Waals surface area contributed by atoms with E-state index in [-0.39, 0.29) is 17.9 Å². The lowest BCUT2D eigenvalue weighted by Gasteiger charge is -2.23. The summed E-state index contributed by atoms with van der Waals surface area (Å²) in [5, 5.41) is 0. The predicted molar refractivity (Wildman–Crippen MR) is 65.3 cm³/mol. The normalized spacial score (nSPS) is 38.4. The molecule has 1 aliphatic heterocycles.